The number of nitrogens with one attached hydrogen (secondary N) is 1. The van der Waals surface area contributed by atoms with E-state index in [0.717, 1.165) is 11.1 Å². The number of hydrogen-bond donors (Lipinski definition) is 2. The van der Waals surface area contributed by atoms with Gasteiger partial charge >= 0.3 is 0 Å². The number of thiocarbonyl (C=S) groups is 1. The van der Waals surface area contributed by atoms with Gasteiger partial charge in [-0.2, -0.15) is 5.10 Å². The molecule has 0 fully saturated rings. The molecule has 2 aromatic carbocycles. The second-order valence-electron chi connectivity index (χ2n) is 5.15. The average molecular weight is 343 g/mol. The highest BCUT2D eigenvalue weighted by Gasteiger charge is 2.06. The fraction of sp³-hybridized carbons (Fsp3) is 0.222. The van der Waals surface area contributed by atoms with Crippen molar-refractivity contribution in [2.75, 3.05) is 6.61 Å². The van der Waals surface area contributed by atoms with Crippen molar-refractivity contribution in [1.29, 1.82) is 0 Å². The van der Waals surface area contributed by atoms with Crippen molar-refractivity contribution in [3.63, 3.8) is 0 Å². The van der Waals surface area contributed by atoms with Gasteiger partial charge in [-0.05, 0) is 55.4 Å². The minimum Gasteiger partial charge on any atom is -0.490 e. The number of rotatable bonds is 7. The third-order valence-corrected chi connectivity index (χ3v) is 3.22. The first-order chi connectivity index (χ1) is 11.6. The largest absolute Gasteiger partial charge is 0.490 e. The monoisotopic (exact) mass is 343 g/mol. The van der Waals surface area contributed by atoms with Crippen molar-refractivity contribution in [2.45, 2.75) is 20.5 Å². The molecule has 0 bridgehead atoms. The predicted molar refractivity (Wildman–Crippen MR) is 101 cm³/mol. The van der Waals surface area contributed by atoms with Crippen molar-refractivity contribution < 1.29 is 9.47 Å². The minimum atomic E-state index is 0.120. The van der Waals surface area contributed by atoms with Crippen LogP contribution in [0.5, 0.6) is 11.5 Å². The van der Waals surface area contributed by atoms with Gasteiger partial charge < -0.3 is 15.2 Å². The molecular formula is C18H21N3O2S. The highest BCUT2D eigenvalue weighted by atomic mass is 32.1. The van der Waals surface area contributed by atoms with Crippen LogP contribution < -0.4 is 20.6 Å². The van der Waals surface area contributed by atoms with Crippen LogP contribution in [0.2, 0.25) is 0 Å². The lowest BCUT2D eigenvalue weighted by Crippen LogP contribution is -2.23. The molecule has 24 heavy (non-hydrogen) atoms. The lowest BCUT2D eigenvalue weighted by atomic mass is 10.1. The van der Waals surface area contributed by atoms with Crippen LogP contribution in [0.4, 0.5) is 0 Å². The minimum absolute atomic E-state index is 0.120. The smallest absolute Gasteiger partial charge is 0.184 e. The molecule has 2 aromatic rings. The van der Waals surface area contributed by atoms with Gasteiger partial charge in [0.2, 0.25) is 0 Å². The maximum atomic E-state index is 5.90. The summed E-state index contributed by atoms with van der Waals surface area (Å²) in [7, 11) is 0. The SMILES string of the molecule is CCOc1cc(/C=N/NC(N)=S)ccc1OCc1cccc(C)c1. The number of aryl methyl sites for hydroxylation is 1. The third kappa shape index (κ3) is 5.55. The highest BCUT2D eigenvalue weighted by Crippen LogP contribution is 2.29. The van der Waals surface area contributed by atoms with Gasteiger partial charge in [0.1, 0.15) is 6.61 Å². The summed E-state index contributed by atoms with van der Waals surface area (Å²) in [5, 5.41) is 4.06. The quantitative estimate of drug-likeness (QED) is 0.459. The molecule has 0 aliphatic rings. The van der Waals surface area contributed by atoms with Crippen molar-refractivity contribution in [3.8, 4) is 11.5 Å². The summed E-state index contributed by atoms with van der Waals surface area (Å²) in [6.07, 6.45) is 1.62. The Bertz CT molecular complexity index is 732. The van der Waals surface area contributed by atoms with E-state index in [9.17, 15) is 0 Å². The van der Waals surface area contributed by atoms with E-state index >= 15 is 0 Å². The first kappa shape index (κ1) is 17.7. The lowest BCUT2D eigenvalue weighted by Gasteiger charge is -2.13. The molecule has 6 heteroatoms. The summed E-state index contributed by atoms with van der Waals surface area (Å²) in [5.41, 5.74) is 11.0. The fourth-order valence-corrected chi connectivity index (χ4v) is 2.18. The van der Waals surface area contributed by atoms with Gasteiger partial charge in [-0.1, -0.05) is 29.8 Å². The third-order valence-electron chi connectivity index (χ3n) is 3.13. The van der Waals surface area contributed by atoms with Crippen molar-refractivity contribution in [2.24, 2.45) is 10.8 Å². The van der Waals surface area contributed by atoms with E-state index in [1.807, 2.05) is 37.3 Å². The summed E-state index contributed by atoms with van der Waals surface area (Å²) in [6.45, 7) is 5.02. The van der Waals surface area contributed by atoms with Gasteiger partial charge in [0.05, 0.1) is 12.8 Å². The maximum absolute atomic E-state index is 5.90. The molecule has 0 aliphatic carbocycles. The van der Waals surface area contributed by atoms with E-state index in [4.69, 9.17) is 27.4 Å². The Labute approximate surface area is 147 Å². The van der Waals surface area contributed by atoms with E-state index in [2.05, 4.69) is 29.6 Å². The first-order valence-corrected chi connectivity index (χ1v) is 8.03. The molecule has 2 rings (SSSR count). The molecule has 0 heterocycles. The molecule has 0 unspecified atom stereocenters. The second-order valence-corrected chi connectivity index (χ2v) is 5.59. The molecule has 0 amide bonds. The Balaban J connectivity index is 2.10. The molecule has 0 spiro atoms. The fourth-order valence-electron chi connectivity index (χ4n) is 2.13. The molecule has 126 valence electrons. The Morgan fingerprint density at radius 3 is 2.75 bits per heavy atom. The van der Waals surface area contributed by atoms with Gasteiger partial charge in [0.25, 0.3) is 0 Å². The van der Waals surface area contributed by atoms with E-state index in [1.54, 1.807) is 6.21 Å². The molecule has 0 aromatic heterocycles. The number of nitrogens with two attached hydrogens (primary N) is 1. The van der Waals surface area contributed by atoms with Crippen LogP contribution >= 0.6 is 12.2 Å². The van der Waals surface area contributed by atoms with Gasteiger partial charge in [-0.25, -0.2) is 0 Å². The number of nitrogens with zero attached hydrogens (tertiary/aromatic N) is 1. The van der Waals surface area contributed by atoms with Gasteiger partial charge in [0.15, 0.2) is 16.6 Å². The van der Waals surface area contributed by atoms with Crippen molar-refractivity contribution >= 4 is 23.5 Å². The molecular weight excluding hydrogens is 322 g/mol. The van der Waals surface area contributed by atoms with E-state index < -0.39 is 0 Å². The normalized spacial score (nSPS) is 10.6. The van der Waals surface area contributed by atoms with Gasteiger partial charge in [0, 0.05) is 0 Å². The predicted octanol–water partition coefficient (Wildman–Crippen LogP) is 3.14. The van der Waals surface area contributed by atoms with E-state index in [-0.39, 0.29) is 5.11 Å². The number of hydrazone groups is 1. The van der Waals surface area contributed by atoms with Crippen LogP contribution in [-0.4, -0.2) is 17.9 Å². The Morgan fingerprint density at radius 1 is 1.21 bits per heavy atom. The summed E-state index contributed by atoms with van der Waals surface area (Å²) in [5.74, 6) is 1.36. The number of ether oxygens (including phenoxy) is 2. The molecule has 0 saturated heterocycles. The van der Waals surface area contributed by atoms with Crippen LogP contribution in [0.1, 0.15) is 23.6 Å². The van der Waals surface area contributed by atoms with Crippen LogP contribution in [-0.2, 0) is 6.61 Å². The number of hydrogen-bond acceptors (Lipinski definition) is 4. The summed E-state index contributed by atoms with van der Waals surface area (Å²) >= 11 is 4.70. The van der Waals surface area contributed by atoms with Crippen LogP contribution in [0.15, 0.2) is 47.6 Å². The lowest BCUT2D eigenvalue weighted by molar-refractivity contribution is 0.269. The van der Waals surface area contributed by atoms with Gasteiger partial charge in [-0.15, -0.1) is 0 Å². The van der Waals surface area contributed by atoms with Crippen molar-refractivity contribution in [1.82, 2.24) is 5.43 Å². The average Bonchev–Trinajstić information content (AvgIpc) is 2.54. The van der Waals surface area contributed by atoms with Crippen LogP contribution in [0.3, 0.4) is 0 Å². The zero-order chi connectivity index (χ0) is 17.4. The number of benzene rings is 2. The zero-order valence-electron chi connectivity index (χ0n) is 13.8. The molecule has 0 saturated carbocycles. The van der Waals surface area contributed by atoms with E-state index in [1.165, 1.54) is 5.56 Å². The highest BCUT2D eigenvalue weighted by molar-refractivity contribution is 7.80. The summed E-state index contributed by atoms with van der Waals surface area (Å²) in [4.78, 5) is 0. The molecule has 5 nitrogen and oxygen atoms in total. The molecule has 0 radical (unpaired) electrons. The second kappa shape index (κ2) is 8.88. The van der Waals surface area contributed by atoms with Crippen LogP contribution in [0.25, 0.3) is 0 Å². The van der Waals surface area contributed by atoms with Gasteiger partial charge in [-0.3, -0.25) is 5.43 Å². The zero-order valence-corrected chi connectivity index (χ0v) is 14.6. The Morgan fingerprint density at radius 2 is 2.04 bits per heavy atom. The summed E-state index contributed by atoms with van der Waals surface area (Å²) < 4.78 is 11.6. The summed E-state index contributed by atoms with van der Waals surface area (Å²) in [6, 6.07) is 13.8. The Kier molecular flexibility index (Phi) is 6.57. The van der Waals surface area contributed by atoms with E-state index in [0.29, 0.717) is 24.7 Å². The topological polar surface area (TPSA) is 68.9 Å². The molecule has 3 N–H and O–H groups in total. The Hall–Kier alpha value is -2.60. The first-order valence-electron chi connectivity index (χ1n) is 7.62. The van der Waals surface area contributed by atoms with Crippen molar-refractivity contribution in [3.05, 3.63) is 59.2 Å². The van der Waals surface area contributed by atoms with Crippen LogP contribution in [0, 0.1) is 6.92 Å². The molecule has 0 aliphatic heterocycles. The maximum Gasteiger partial charge on any atom is 0.184 e. The standard InChI is InChI=1S/C18H21N3O2S/c1-3-22-17-10-14(11-20-21-18(19)24)7-8-16(17)23-12-15-6-4-5-13(2)9-15/h4-11H,3,12H2,1-2H3,(H3,19,21,24)/b20-11+. The molecule has 0 atom stereocenters.